The number of morpholine rings is 1. The normalized spacial score (nSPS) is 20.3. The van der Waals surface area contributed by atoms with Crippen LogP contribution in [0.4, 0.5) is 10.8 Å². The second-order valence-electron chi connectivity index (χ2n) is 8.49. The van der Waals surface area contributed by atoms with Gasteiger partial charge in [0.25, 0.3) is 5.91 Å². The van der Waals surface area contributed by atoms with Crippen LogP contribution in [0.2, 0.25) is 0 Å². The van der Waals surface area contributed by atoms with E-state index >= 15 is 0 Å². The van der Waals surface area contributed by atoms with Gasteiger partial charge in [0.1, 0.15) is 12.0 Å². The summed E-state index contributed by atoms with van der Waals surface area (Å²) in [6.45, 7) is 5.00. The van der Waals surface area contributed by atoms with Crippen LogP contribution in [0.5, 0.6) is 0 Å². The number of nitrogens with zero attached hydrogens (tertiary/aromatic N) is 4. The Morgan fingerprint density at radius 3 is 2.88 bits per heavy atom. The molecule has 0 spiro atoms. The molecule has 2 aliphatic heterocycles. The van der Waals surface area contributed by atoms with Crippen LogP contribution in [0.3, 0.4) is 0 Å². The summed E-state index contributed by atoms with van der Waals surface area (Å²) in [5, 5.41) is 7.17. The summed E-state index contributed by atoms with van der Waals surface area (Å²) in [7, 11) is 0. The van der Waals surface area contributed by atoms with E-state index in [1.807, 2.05) is 25.1 Å². The summed E-state index contributed by atoms with van der Waals surface area (Å²) in [6.07, 6.45) is 4.96. The molecule has 0 radical (unpaired) electrons. The Hall–Kier alpha value is -3.24. The fraction of sp³-hybridized carbons (Fsp3) is 0.391. The third-order valence-electron chi connectivity index (χ3n) is 5.97. The van der Waals surface area contributed by atoms with E-state index in [-0.39, 0.29) is 5.91 Å². The van der Waals surface area contributed by atoms with Gasteiger partial charge < -0.3 is 25.0 Å². The van der Waals surface area contributed by atoms with E-state index in [0.717, 1.165) is 64.0 Å². The van der Waals surface area contributed by atoms with Gasteiger partial charge in [0.15, 0.2) is 17.0 Å². The van der Waals surface area contributed by atoms with E-state index in [1.165, 1.54) is 6.26 Å². The Labute approximate surface area is 194 Å². The molecule has 0 aromatic carbocycles. The van der Waals surface area contributed by atoms with Crippen LogP contribution in [0.25, 0.3) is 10.3 Å². The van der Waals surface area contributed by atoms with Gasteiger partial charge in [0, 0.05) is 36.5 Å². The van der Waals surface area contributed by atoms with Crippen molar-refractivity contribution in [2.45, 2.75) is 31.9 Å². The second kappa shape index (κ2) is 8.27. The zero-order valence-electron chi connectivity index (χ0n) is 18.2. The molecule has 1 unspecified atom stereocenters. The Balaban J connectivity index is 1.22. The number of anilines is 2. The van der Waals surface area contributed by atoms with Crippen LogP contribution in [-0.4, -0.2) is 47.2 Å². The van der Waals surface area contributed by atoms with Crippen LogP contribution in [-0.2, 0) is 14.3 Å². The Bertz CT molecular complexity index is 1250. The van der Waals surface area contributed by atoms with Crippen LogP contribution in [0.15, 0.2) is 36.4 Å². The molecule has 6 rings (SSSR count). The third-order valence-corrected chi connectivity index (χ3v) is 7.02. The van der Waals surface area contributed by atoms with E-state index in [2.05, 4.69) is 20.5 Å². The van der Waals surface area contributed by atoms with Crippen molar-refractivity contribution < 1.29 is 14.3 Å². The molecule has 2 N–H and O–H groups in total. The minimum absolute atomic E-state index is 0.246. The number of rotatable bonds is 5. The molecule has 3 aliphatic rings. The zero-order valence-corrected chi connectivity index (χ0v) is 19.0. The molecule has 0 bridgehead atoms. The summed E-state index contributed by atoms with van der Waals surface area (Å²) in [5.41, 5.74) is 4.60. The molecular weight excluding hydrogens is 440 g/mol. The molecule has 1 saturated heterocycles. The third kappa shape index (κ3) is 4.11. The highest BCUT2D eigenvalue weighted by molar-refractivity contribution is 7.22. The van der Waals surface area contributed by atoms with Gasteiger partial charge in [-0.3, -0.25) is 9.78 Å². The van der Waals surface area contributed by atoms with E-state index in [0.29, 0.717) is 24.8 Å². The first-order chi connectivity index (χ1) is 16.1. The van der Waals surface area contributed by atoms with Crippen LogP contribution in [0, 0.1) is 6.92 Å². The van der Waals surface area contributed by atoms with Crippen molar-refractivity contribution >= 4 is 38.4 Å². The average molecular weight is 465 g/mol. The maximum atomic E-state index is 13.0. The van der Waals surface area contributed by atoms with Gasteiger partial charge >= 0.3 is 0 Å². The number of ether oxygens (including phenoxy) is 2. The maximum Gasteiger partial charge on any atom is 0.275 e. The predicted octanol–water partition coefficient (Wildman–Crippen LogP) is 3.21. The van der Waals surface area contributed by atoms with Gasteiger partial charge in [-0.1, -0.05) is 11.3 Å². The first-order valence-corrected chi connectivity index (χ1v) is 12.0. The molecule has 170 valence electrons. The van der Waals surface area contributed by atoms with Crippen molar-refractivity contribution in [1.82, 2.24) is 20.3 Å². The Morgan fingerprint density at radius 2 is 2.09 bits per heavy atom. The van der Waals surface area contributed by atoms with Crippen molar-refractivity contribution in [2.75, 3.05) is 36.5 Å². The molecule has 3 aromatic heterocycles. The molecular formula is C23H24N6O3S. The minimum atomic E-state index is -0.409. The number of carbonyl (C=O) groups is 1. The van der Waals surface area contributed by atoms with E-state index < -0.39 is 6.23 Å². The van der Waals surface area contributed by atoms with Crippen molar-refractivity contribution in [3.8, 4) is 0 Å². The number of hydrogen-bond acceptors (Lipinski definition) is 9. The Kier molecular flexibility index (Phi) is 5.11. The number of amides is 1. The average Bonchev–Trinajstić information content (AvgIpc) is 3.39. The van der Waals surface area contributed by atoms with Crippen LogP contribution < -0.4 is 15.5 Å². The predicted molar refractivity (Wildman–Crippen MR) is 125 cm³/mol. The van der Waals surface area contributed by atoms with Crippen molar-refractivity contribution in [3.63, 3.8) is 0 Å². The fourth-order valence-electron chi connectivity index (χ4n) is 4.07. The molecule has 1 atom stereocenters. The maximum absolute atomic E-state index is 13.0. The largest absolute Gasteiger partial charge is 0.472 e. The quantitative estimate of drug-likeness (QED) is 0.594. The number of hydrogen-bond donors (Lipinski definition) is 2. The molecule has 9 nitrogen and oxygen atoms in total. The SMILES string of the molecule is Cc1cc(C2NC(C(=O)Nc3cc4sc(N5CCOCC5)nc4nc3C3CC3)=CO2)ccn1. The first-order valence-electron chi connectivity index (χ1n) is 11.1. The number of aromatic nitrogens is 3. The fourth-order valence-corrected chi connectivity index (χ4v) is 5.07. The topological polar surface area (TPSA) is 102 Å². The number of thiazole rings is 1. The smallest absolute Gasteiger partial charge is 0.275 e. The number of fused-ring (bicyclic) bond motifs is 1. The van der Waals surface area contributed by atoms with Gasteiger partial charge in [-0.25, -0.2) is 4.98 Å². The minimum Gasteiger partial charge on any atom is -0.472 e. The lowest BCUT2D eigenvalue weighted by molar-refractivity contribution is -0.113. The van der Waals surface area contributed by atoms with Crippen LogP contribution >= 0.6 is 11.3 Å². The van der Waals surface area contributed by atoms with E-state index in [1.54, 1.807) is 17.5 Å². The molecule has 2 fully saturated rings. The van der Waals surface area contributed by atoms with Gasteiger partial charge in [-0.15, -0.1) is 0 Å². The van der Waals surface area contributed by atoms with Gasteiger partial charge in [-0.2, -0.15) is 4.98 Å². The van der Waals surface area contributed by atoms with E-state index in [9.17, 15) is 4.79 Å². The van der Waals surface area contributed by atoms with E-state index in [4.69, 9.17) is 19.4 Å². The summed E-state index contributed by atoms with van der Waals surface area (Å²) in [5.74, 6) is 0.122. The van der Waals surface area contributed by atoms with Gasteiger partial charge in [0.2, 0.25) is 0 Å². The van der Waals surface area contributed by atoms with Crippen molar-refractivity contribution in [1.29, 1.82) is 0 Å². The number of pyridine rings is 2. The van der Waals surface area contributed by atoms with Crippen molar-refractivity contribution in [2.24, 2.45) is 0 Å². The zero-order chi connectivity index (χ0) is 22.4. The molecule has 3 aromatic rings. The second-order valence-corrected chi connectivity index (χ2v) is 9.50. The number of carbonyl (C=O) groups excluding carboxylic acids is 1. The summed E-state index contributed by atoms with van der Waals surface area (Å²) < 4.78 is 12.1. The molecule has 1 saturated carbocycles. The summed E-state index contributed by atoms with van der Waals surface area (Å²) in [6, 6.07) is 5.82. The van der Waals surface area contributed by atoms with Gasteiger partial charge in [-0.05, 0) is 38.0 Å². The lowest BCUT2D eigenvalue weighted by Crippen LogP contribution is -2.36. The van der Waals surface area contributed by atoms with Crippen molar-refractivity contribution in [3.05, 3.63) is 53.3 Å². The molecule has 33 heavy (non-hydrogen) atoms. The highest BCUT2D eigenvalue weighted by Crippen LogP contribution is 2.44. The molecule has 10 heteroatoms. The molecule has 1 amide bonds. The first kappa shape index (κ1) is 20.4. The summed E-state index contributed by atoms with van der Waals surface area (Å²) >= 11 is 1.60. The Morgan fingerprint density at radius 1 is 1.24 bits per heavy atom. The molecule has 1 aliphatic carbocycles. The standard InChI is InChI=1S/C23H24N6O3S/c1-13-10-15(4-5-24-13)22-26-17(12-32-22)21(30)25-16-11-18-20(27-19(16)14-2-3-14)28-23(33-18)29-6-8-31-9-7-29/h4-5,10-12,14,22,26H,2-3,6-9H2,1H3,(H,25,30). The number of aryl methyl sites for hydroxylation is 1. The highest BCUT2D eigenvalue weighted by atomic mass is 32.1. The van der Waals surface area contributed by atoms with Gasteiger partial charge in [0.05, 0.1) is 29.3 Å². The summed E-state index contributed by atoms with van der Waals surface area (Å²) in [4.78, 5) is 29.1. The lowest BCUT2D eigenvalue weighted by atomic mass is 10.2. The number of nitrogens with one attached hydrogen (secondary N) is 2. The lowest BCUT2D eigenvalue weighted by Gasteiger charge is -2.25. The van der Waals surface area contributed by atoms with Crippen LogP contribution in [0.1, 0.15) is 41.9 Å². The molecule has 5 heterocycles. The monoisotopic (exact) mass is 464 g/mol. The highest BCUT2D eigenvalue weighted by Gasteiger charge is 2.31.